The van der Waals surface area contributed by atoms with Crippen LogP contribution in [0.3, 0.4) is 0 Å². The van der Waals surface area contributed by atoms with Crippen LogP contribution in [0, 0.1) is 0 Å². The number of benzene rings is 1. The first-order valence-electron chi connectivity index (χ1n) is 6.53. The molecule has 0 amide bonds. The molecular formula is C16H22N2O2. The number of nitrogens with zero attached hydrogens (tertiary/aromatic N) is 1. The number of nitrogens with two attached hydrogens (primary N) is 1. The smallest absolute Gasteiger partial charge is 0.164 e. The lowest BCUT2D eigenvalue weighted by molar-refractivity contribution is 0.0968. The molecule has 0 aliphatic rings. The number of anilines is 1. The molecule has 0 heterocycles. The van der Waals surface area contributed by atoms with Crippen molar-refractivity contribution in [3.05, 3.63) is 49.1 Å². The number of carbonyl (C=O) groups excluding carboxylic acids is 1. The summed E-state index contributed by atoms with van der Waals surface area (Å²) in [5.74, 6) is 0.652. The summed E-state index contributed by atoms with van der Waals surface area (Å²) in [7, 11) is 1.55. The lowest BCUT2D eigenvalue weighted by Gasteiger charge is -2.18. The lowest BCUT2D eigenvalue weighted by atomic mass is 10.1. The molecule has 0 fully saturated rings. The van der Waals surface area contributed by atoms with Crippen LogP contribution in [0.1, 0.15) is 16.8 Å². The molecule has 4 heteroatoms. The van der Waals surface area contributed by atoms with Crippen molar-refractivity contribution in [3.63, 3.8) is 0 Å². The first kappa shape index (κ1) is 16.0. The molecule has 0 unspecified atom stereocenters. The van der Waals surface area contributed by atoms with Gasteiger partial charge in [-0.2, -0.15) is 0 Å². The van der Waals surface area contributed by atoms with E-state index in [1.54, 1.807) is 25.3 Å². The molecule has 0 saturated heterocycles. The van der Waals surface area contributed by atoms with Gasteiger partial charge in [-0.15, -0.1) is 13.2 Å². The van der Waals surface area contributed by atoms with Gasteiger partial charge in [0.05, 0.1) is 12.8 Å². The van der Waals surface area contributed by atoms with Gasteiger partial charge in [-0.25, -0.2) is 0 Å². The van der Waals surface area contributed by atoms with Crippen molar-refractivity contribution in [2.75, 3.05) is 32.5 Å². The zero-order valence-corrected chi connectivity index (χ0v) is 12.0. The third-order valence-corrected chi connectivity index (χ3v) is 2.98. The highest BCUT2D eigenvalue weighted by molar-refractivity contribution is 5.97. The maximum Gasteiger partial charge on any atom is 0.164 e. The number of ketones is 1. The van der Waals surface area contributed by atoms with Gasteiger partial charge >= 0.3 is 0 Å². The molecule has 0 bridgehead atoms. The van der Waals surface area contributed by atoms with Crippen molar-refractivity contribution in [1.82, 2.24) is 4.90 Å². The Kier molecular flexibility index (Phi) is 6.53. The number of methoxy groups -OCH3 is 1. The second kappa shape index (κ2) is 8.17. The largest absolute Gasteiger partial charge is 0.495 e. The first-order chi connectivity index (χ1) is 9.62. The van der Waals surface area contributed by atoms with E-state index in [4.69, 9.17) is 10.5 Å². The average Bonchev–Trinajstić information content (AvgIpc) is 2.44. The molecule has 0 aliphatic heterocycles. The summed E-state index contributed by atoms with van der Waals surface area (Å²) in [5, 5.41) is 0. The number of ether oxygens (including phenoxy) is 1. The lowest BCUT2D eigenvalue weighted by Crippen LogP contribution is -2.26. The summed E-state index contributed by atoms with van der Waals surface area (Å²) in [6.45, 7) is 9.56. The van der Waals surface area contributed by atoms with Gasteiger partial charge < -0.3 is 10.5 Å². The Morgan fingerprint density at radius 1 is 1.35 bits per heavy atom. The summed E-state index contributed by atoms with van der Waals surface area (Å²) >= 11 is 0. The van der Waals surface area contributed by atoms with Gasteiger partial charge in [0.15, 0.2) is 5.78 Å². The van der Waals surface area contributed by atoms with Gasteiger partial charge in [-0.1, -0.05) is 12.2 Å². The summed E-state index contributed by atoms with van der Waals surface area (Å²) in [6.07, 6.45) is 4.08. The van der Waals surface area contributed by atoms with Gasteiger partial charge in [-0.05, 0) is 18.2 Å². The molecule has 20 heavy (non-hydrogen) atoms. The van der Waals surface area contributed by atoms with E-state index in [0.717, 1.165) is 13.1 Å². The molecule has 0 radical (unpaired) electrons. The van der Waals surface area contributed by atoms with Crippen LogP contribution in [0.4, 0.5) is 5.69 Å². The Morgan fingerprint density at radius 2 is 2.00 bits per heavy atom. The fraction of sp³-hybridized carbons (Fsp3) is 0.312. The van der Waals surface area contributed by atoms with Gasteiger partial charge in [0.2, 0.25) is 0 Å². The monoisotopic (exact) mass is 274 g/mol. The standard InChI is InChI=1S/C16H22N2O2/c1-4-9-18(10-5-2)11-8-15(19)13-6-7-16(20-3)14(17)12-13/h4-7,12H,1-2,8-11,17H2,3H3. The number of carbonyl (C=O) groups is 1. The van der Waals surface area contributed by atoms with E-state index in [0.29, 0.717) is 30.0 Å². The number of Topliss-reactive ketones (excluding diaryl/α,β-unsaturated/α-hetero) is 1. The molecule has 1 aromatic carbocycles. The Morgan fingerprint density at radius 3 is 2.50 bits per heavy atom. The van der Waals surface area contributed by atoms with Gasteiger partial charge in [0, 0.05) is 31.6 Å². The molecule has 108 valence electrons. The van der Waals surface area contributed by atoms with E-state index in [2.05, 4.69) is 18.1 Å². The van der Waals surface area contributed by atoms with E-state index in [-0.39, 0.29) is 5.78 Å². The molecule has 0 spiro atoms. The second-order valence-corrected chi connectivity index (χ2v) is 4.47. The predicted molar refractivity (Wildman–Crippen MR) is 83.2 cm³/mol. The van der Waals surface area contributed by atoms with Crippen LogP contribution in [-0.4, -0.2) is 37.4 Å². The fourth-order valence-corrected chi connectivity index (χ4v) is 1.93. The van der Waals surface area contributed by atoms with Crippen LogP contribution < -0.4 is 10.5 Å². The van der Waals surface area contributed by atoms with Crippen molar-refractivity contribution < 1.29 is 9.53 Å². The summed E-state index contributed by atoms with van der Waals surface area (Å²) in [4.78, 5) is 14.2. The highest BCUT2D eigenvalue weighted by Crippen LogP contribution is 2.22. The van der Waals surface area contributed by atoms with E-state index in [1.165, 1.54) is 0 Å². The Labute approximate surface area is 120 Å². The second-order valence-electron chi connectivity index (χ2n) is 4.47. The van der Waals surface area contributed by atoms with Gasteiger partial charge in [0.1, 0.15) is 5.75 Å². The number of hydrogen-bond donors (Lipinski definition) is 1. The Hall–Kier alpha value is -2.07. The quantitative estimate of drug-likeness (QED) is 0.427. The summed E-state index contributed by atoms with van der Waals surface area (Å²) < 4.78 is 5.08. The molecule has 2 N–H and O–H groups in total. The minimum atomic E-state index is 0.0671. The van der Waals surface area contributed by atoms with Crippen LogP contribution in [0.5, 0.6) is 5.75 Å². The zero-order chi connectivity index (χ0) is 15.0. The normalized spacial score (nSPS) is 10.3. The fourth-order valence-electron chi connectivity index (χ4n) is 1.93. The third-order valence-electron chi connectivity index (χ3n) is 2.98. The van der Waals surface area contributed by atoms with E-state index < -0.39 is 0 Å². The van der Waals surface area contributed by atoms with Crippen LogP contribution in [-0.2, 0) is 0 Å². The molecule has 0 saturated carbocycles. The Bertz CT molecular complexity index is 473. The SMILES string of the molecule is C=CCN(CC=C)CCC(=O)c1ccc(OC)c(N)c1. The number of rotatable bonds is 9. The summed E-state index contributed by atoms with van der Waals surface area (Å²) in [5.41, 5.74) is 6.90. The zero-order valence-electron chi connectivity index (χ0n) is 12.0. The molecule has 0 atom stereocenters. The average molecular weight is 274 g/mol. The molecular weight excluding hydrogens is 252 g/mol. The van der Waals surface area contributed by atoms with Crippen molar-refractivity contribution in [2.24, 2.45) is 0 Å². The van der Waals surface area contributed by atoms with Crippen molar-refractivity contribution in [1.29, 1.82) is 0 Å². The highest BCUT2D eigenvalue weighted by Gasteiger charge is 2.10. The van der Waals surface area contributed by atoms with Crippen molar-refractivity contribution in [2.45, 2.75) is 6.42 Å². The third kappa shape index (κ3) is 4.55. The van der Waals surface area contributed by atoms with Crippen LogP contribution in [0.25, 0.3) is 0 Å². The van der Waals surface area contributed by atoms with Crippen molar-refractivity contribution in [3.8, 4) is 5.75 Å². The number of nitrogen functional groups attached to an aromatic ring is 1. The van der Waals surface area contributed by atoms with Crippen LogP contribution >= 0.6 is 0 Å². The molecule has 1 aromatic rings. The van der Waals surface area contributed by atoms with E-state index in [1.807, 2.05) is 12.2 Å². The van der Waals surface area contributed by atoms with Crippen LogP contribution in [0.15, 0.2) is 43.5 Å². The minimum absolute atomic E-state index is 0.0671. The number of hydrogen-bond acceptors (Lipinski definition) is 4. The van der Waals surface area contributed by atoms with Crippen molar-refractivity contribution >= 4 is 11.5 Å². The topological polar surface area (TPSA) is 55.6 Å². The van der Waals surface area contributed by atoms with Gasteiger partial charge in [0.25, 0.3) is 0 Å². The van der Waals surface area contributed by atoms with Crippen LogP contribution in [0.2, 0.25) is 0 Å². The molecule has 1 rings (SSSR count). The molecule has 4 nitrogen and oxygen atoms in total. The summed E-state index contributed by atoms with van der Waals surface area (Å²) in [6, 6.07) is 5.11. The van der Waals surface area contributed by atoms with E-state index >= 15 is 0 Å². The Balaban J connectivity index is 2.63. The first-order valence-corrected chi connectivity index (χ1v) is 6.53. The molecule has 0 aromatic heterocycles. The maximum absolute atomic E-state index is 12.1. The minimum Gasteiger partial charge on any atom is -0.495 e. The predicted octanol–water partition coefficient (Wildman–Crippen LogP) is 2.52. The maximum atomic E-state index is 12.1. The molecule has 0 aliphatic carbocycles. The van der Waals surface area contributed by atoms with E-state index in [9.17, 15) is 4.79 Å². The highest BCUT2D eigenvalue weighted by atomic mass is 16.5. The van der Waals surface area contributed by atoms with Gasteiger partial charge in [-0.3, -0.25) is 9.69 Å².